The second-order valence-corrected chi connectivity index (χ2v) is 5.57. The van der Waals surface area contributed by atoms with Gasteiger partial charge in [0.2, 0.25) is 0 Å². The Hall–Kier alpha value is -0.490. The van der Waals surface area contributed by atoms with Gasteiger partial charge in [-0.05, 0) is 56.1 Å². The van der Waals surface area contributed by atoms with Gasteiger partial charge < -0.3 is 14.3 Å². The van der Waals surface area contributed by atoms with Crippen LogP contribution in [0.25, 0.3) is 0 Å². The molecular formula is C12H9Br2ClO3. The first-order valence-corrected chi connectivity index (χ1v) is 6.95. The molecular weight excluding hydrogens is 387 g/mol. The molecule has 1 heterocycles. The van der Waals surface area contributed by atoms with Crippen molar-refractivity contribution >= 4 is 43.5 Å². The van der Waals surface area contributed by atoms with E-state index in [4.69, 9.17) is 20.8 Å². The standard InChI is InChI=1S/C12H9Br2ClO3/c1-17-9-3-2-6(15)4-7(9)11(16)10-5-8(13)12(14)18-10/h2-5,11,16H,1H3. The summed E-state index contributed by atoms with van der Waals surface area (Å²) in [6.45, 7) is 0. The summed E-state index contributed by atoms with van der Waals surface area (Å²) in [6.07, 6.45) is -0.943. The zero-order valence-corrected chi connectivity index (χ0v) is 13.2. The van der Waals surface area contributed by atoms with Gasteiger partial charge in [0.15, 0.2) is 4.67 Å². The number of methoxy groups -OCH3 is 1. The Balaban J connectivity index is 2.44. The van der Waals surface area contributed by atoms with Gasteiger partial charge >= 0.3 is 0 Å². The summed E-state index contributed by atoms with van der Waals surface area (Å²) in [4.78, 5) is 0. The van der Waals surface area contributed by atoms with E-state index in [9.17, 15) is 5.11 Å². The Morgan fingerprint density at radius 2 is 2.06 bits per heavy atom. The van der Waals surface area contributed by atoms with Gasteiger partial charge in [-0.25, -0.2) is 0 Å². The van der Waals surface area contributed by atoms with Crippen LogP contribution >= 0.6 is 43.5 Å². The second kappa shape index (κ2) is 5.65. The minimum absolute atomic E-state index is 0.398. The molecule has 0 amide bonds. The van der Waals surface area contributed by atoms with Crippen molar-refractivity contribution in [2.24, 2.45) is 0 Å². The third-order valence-electron chi connectivity index (χ3n) is 2.42. The van der Waals surface area contributed by atoms with E-state index in [-0.39, 0.29) is 0 Å². The molecule has 0 fully saturated rings. The van der Waals surface area contributed by atoms with Crippen molar-refractivity contribution in [3.8, 4) is 5.75 Å². The SMILES string of the molecule is COc1ccc(Cl)cc1C(O)c1cc(Br)c(Br)o1. The first-order valence-electron chi connectivity index (χ1n) is 4.99. The maximum absolute atomic E-state index is 10.3. The molecule has 0 radical (unpaired) electrons. The molecule has 0 aliphatic rings. The van der Waals surface area contributed by atoms with Crippen molar-refractivity contribution in [1.29, 1.82) is 0 Å². The van der Waals surface area contributed by atoms with E-state index >= 15 is 0 Å². The van der Waals surface area contributed by atoms with Gasteiger partial charge in [-0.3, -0.25) is 0 Å². The lowest BCUT2D eigenvalue weighted by atomic mass is 10.1. The third-order valence-corrected chi connectivity index (χ3v) is 4.37. The molecule has 96 valence electrons. The third kappa shape index (κ3) is 2.74. The fourth-order valence-corrected chi connectivity index (χ4v) is 2.36. The number of halogens is 3. The molecule has 0 bridgehead atoms. The van der Waals surface area contributed by atoms with Gasteiger partial charge in [-0.1, -0.05) is 11.6 Å². The molecule has 0 spiro atoms. The Labute approximate surface area is 126 Å². The fraction of sp³-hybridized carbons (Fsp3) is 0.167. The number of hydrogen-bond donors (Lipinski definition) is 1. The van der Waals surface area contributed by atoms with E-state index in [1.54, 1.807) is 24.3 Å². The molecule has 6 heteroatoms. The van der Waals surface area contributed by atoms with Crippen LogP contribution < -0.4 is 4.74 Å². The molecule has 2 rings (SSSR count). The van der Waals surface area contributed by atoms with Crippen LogP contribution in [0, 0.1) is 0 Å². The number of hydrogen-bond acceptors (Lipinski definition) is 3. The zero-order chi connectivity index (χ0) is 13.3. The van der Waals surface area contributed by atoms with Crippen LogP contribution in [0.3, 0.4) is 0 Å². The number of rotatable bonds is 3. The van der Waals surface area contributed by atoms with E-state index in [0.717, 1.165) is 4.47 Å². The lowest BCUT2D eigenvalue weighted by Gasteiger charge is -2.13. The maximum Gasteiger partial charge on any atom is 0.183 e. The average molecular weight is 396 g/mol. The fourth-order valence-electron chi connectivity index (χ4n) is 1.57. The van der Waals surface area contributed by atoms with Gasteiger partial charge in [0.1, 0.15) is 17.6 Å². The number of ether oxygens (including phenoxy) is 1. The van der Waals surface area contributed by atoms with Gasteiger partial charge in [-0.15, -0.1) is 0 Å². The molecule has 1 unspecified atom stereocenters. The van der Waals surface area contributed by atoms with E-state index in [1.165, 1.54) is 7.11 Å². The summed E-state index contributed by atoms with van der Waals surface area (Å²) in [5.74, 6) is 0.949. The highest BCUT2D eigenvalue weighted by molar-refractivity contribution is 9.13. The van der Waals surface area contributed by atoms with Crippen molar-refractivity contribution < 1.29 is 14.3 Å². The molecule has 0 aliphatic heterocycles. The molecule has 1 N–H and O–H groups in total. The summed E-state index contributed by atoms with van der Waals surface area (Å²) >= 11 is 12.4. The van der Waals surface area contributed by atoms with Crippen LogP contribution in [0.15, 0.2) is 37.8 Å². The predicted molar refractivity (Wildman–Crippen MR) is 76.2 cm³/mol. The van der Waals surface area contributed by atoms with E-state index in [2.05, 4.69) is 31.9 Å². The molecule has 18 heavy (non-hydrogen) atoms. The molecule has 1 atom stereocenters. The van der Waals surface area contributed by atoms with Gasteiger partial charge in [0.05, 0.1) is 11.6 Å². The van der Waals surface area contributed by atoms with E-state index in [1.807, 2.05) is 0 Å². The van der Waals surface area contributed by atoms with Crippen molar-refractivity contribution in [2.45, 2.75) is 6.10 Å². The monoisotopic (exact) mass is 394 g/mol. The lowest BCUT2D eigenvalue weighted by Crippen LogP contribution is -2.01. The van der Waals surface area contributed by atoms with Crippen LogP contribution in [0.2, 0.25) is 5.02 Å². The minimum atomic E-state index is -0.943. The second-order valence-electron chi connectivity index (χ2n) is 3.56. The minimum Gasteiger partial charge on any atom is -0.496 e. The van der Waals surface area contributed by atoms with Crippen molar-refractivity contribution in [3.63, 3.8) is 0 Å². The summed E-state index contributed by atoms with van der Waals surface area (Å²) in [6, 6.07) is 6.74. The van der Waals surface area contributed by atoms with Gasteiger partial charge in [-0.2, -0.15) is 0 Å². The zero-order valence-electron chi connectivity index (χ0n) is 9.28. The highest BCUT2D eigenvalue weighted by Gasteiger charge is 2.20. The quantitative estimate of drug-likeness (QED) is 0.828. The van der Waals surface area contributed by atoms with Crippen LogP contribution in [0.5, 0.6) is 5.75 Å². The molecule has 0 aliphatic carbocycles. The van der Waals surface area contributed by atoms with Gasteiger partial charge in [0.25, 0.3) is 0 Å². The number of aliphatic hydroxyl groups is 1. The molecule has 2 aromatic rings. The smallest absolute Gasteiger partial charge is 0.183 e. The molecule has 3 nitrogen and oxygen atoms in total. The predicted octanol–water partition coefficient (Wildman–Crippen LogP) is 4.55. The molecule has 0 saturated heterocycles. The highest BCUT2D eigenvalue weighted by atomic mass is 79.9. The lowest BCUT2D eigenvalue weighted by molar-refractivity contribution is 0.183. The highest BCUT2D eigenvalue weighted by Crippen LogP contribution is 2.36. The summed E-state index contributed by atoms with van der Waals surface area (Å²) in [5.41, 5.74) is 0.554. The summed E-state index contributed by atoms with van der Waals surface area (Å²) in [7, 11) is 1.54. The first-order chi connectivity index (χ1) is 8.52. The maximum atomic E-state index is 10.3. The Morgan fingerprint density at radius 1 is 1.33 bits per heavy atom. The molecule has 1 aromatic heterocycles. The van der Waals surface area contributed by atoms with Crippen molar-refractivity contribution in [3.05, 3.63) is 49.8 Å². The van der Waals surface area contributed by atoms with Crippen LogP contribution in [-0.2, 0) is 0 Å². The summed E-state index contributed by atoms with van der Waals surface area (Å²) in [5, 5.41) is 10.8. The Morgan fingerprint density at radius 3 is 2.61 bits per heavy atom. The number of aliphatic hydroxyl groups excluding tert-OH is 1. The molecule has 1 aromatic carbocycles. The molecule has 0 saturated carbocycles. The normalized spacial score (nSPS) is 12.5. The first kappa shape index (κ1) is 13.9. The van der Waals surface area contributed by atoms with E-state index < -0.39 is 6.10 Å². The Bertz CT molecular complexity index is 549. The van der Waals surface area contributed by atoms with E-state index in [0.29, 0.717) is 26.8 Å². The number of furan rings is 1. The van der Waals surface area contributed by atoms with Crippen LogP contribution in [0.4, 0.5) is 0 Å². The summed E-state index contributed by atoms with van der Waals surface area (Å²) < 4.78 is 11.8. The Kier molecular flexibility index (Phi) is 4.37. The largest absolute Gasteiger partial charge is 0.496 e. The van der Waals surface area contributed by atoms with Crippen LogP contribution in [0.1, 0.15) is 17.4 Å². The average Bonchev–Trinajstić information content (AvgIpc) is 2.68. The van der Waals surface area contributed by atoms with Gasteiger partial charge in [0, 0.05) is 10.6 Å². The topological polar surface area (TPSA) is 42.6 Å². The number of benzene rings is 1. The van der Waals surface area contributed by atoms with Crippen molar-refractivity contribution in [2.75, 3.05) is 7.11 Å². The van der Waals surface area contributed by atoms with Crippen molar-refractivity contribution in [1.82, 2.24) is 0 Å². The van der Waals surface area contributed by atoms with Crippen LogP contribution in [-0.4, -0.2) is 12.2 Å².